The summed E-state index contributed by atoms with van der Waals surface area (Å²) < 4.78 is 24.2. The van der Waals surface area contributed by atoms with E-state index < -0.39 is 23.9 Å². The number of carbonyl (C=O) groups excluding carboxylic acids is 6. The second kappa shape index (κ2) is 24.0. The molecule has 9 rings (SSSR count). The van der Waals surface area contributed by atoms with Crippen molar-refractivity contribution in [2.45, 2.75) is 121 Å². The summed E-state index contributed by atoms with van der Waals surface area (Å²) in [6, 6.07) is 25.1. The highest BCUT2D eigenvalue weighted by molar-refractivity contribution is 8.77. The summed E-state index contributed by atoms with van der Waals surface area (Å²) in [7, 11) is 6.28. The Labute approximate surface area is 467 Å². The summed E-state index contributed by atoms with van der Waals surface area (Å²) >= 11 is 0. The fraction of sp³-hybridized carbons (Fsp3) is 0.356. The quantitative estimate of drug-likeness (QED) is 0.0476. The molecule has 20 heteroatoms. The van der Waals surface area contributed by atoms with Crippen LogP contribution in [0.15, 0.2) is 101 Å². The van der Waals surface area contributed by atoms with Gasteiger partial charge in [-0.3, -0.25) is 48.6 Å². The fourth-order valence-corrected chi connectivity index (χ4v) is 12.4. The van der Waals surface area contributed by atoms with Gasteiger partial charge in [-0.05, 0) is 105 Å². The number of ether oxygens (including phenoxy) is 4. The van der Waals surface area contributed by atoms with E-state index in [1.807, 2.05) is 75.4 Å². The van der Waals surface area contributed by atoms with Gasteiger partial charge in [0.1, 0.15) is 25.3 Å². The molecule has 0 aromatic heterocycles. The molecular formula is C59H64N8O10S2. The van der Waals surface area contributed by atoms with Crippen LogP contribution in [0.2, 0.25) is 0 Å². The van der Waals surface area contributed by atoms with Crippen molar-refractivity contribution in [2.24, 2.45) is 15.7 Å². The maximum Gasteiger partial charge on any atom is 0.261 e. The zero-order chi connectivity index (χ0) is 56.1. The maximum absolute atomic E-state index is 14.1. The predicted octanol–water partition coefficient (Wildman–Crippen LogP) is 8.98. The van der Waals surface area contributed by atoms with E-state index in [0.29, 0.717) is 94.4 Å². The third kappa shape index (κ3) is 12.9. The van der Waals surface area contributed by atoms with Crippen molar-refractivity contribution in [1.82, 2.24) is 10.6 Å². The number of benzene rings is 5. The van der Waals surface area contributed by atoms with Crippen LogP contribution in [-0.4, -0.2) is 96.3 Å². The van der Waals surface area contributed by atoms with Gasteiger partial charge in [-0.15, -0.1) is 0 Å². The minimum Gasteiger partial charge on any atom is -0.493 e. The van der Waals surface area contributed by atoms with Gasteiger partial charge in [0.2, 0.25) is 23.6 Å². The molecule has 4 aliphatic heterocycles. The molecule has 0 bridgehead atoms. The zero-order valence-corrected chi connectivity index (χ0v) is 46.8. The number of hydrogen-bond donors (Lipinski definition) is 4. The highest BCUT2D eigenvalue weighted by Gasteiger charge is 2.38. The molecular weight excluding hydrogens is 1040 g/mol. The Balaban J connectivity index is 0.901. The highest BCUT2D eigenvalue weighted by Crippen LogP contribution is 2.44. The largest absolute Gasteiger partial charge is 0.493 e. The average molecular weight is 1110 g/mol. The smallest absolute Gasteiger partial charge is 0.261 e. The fourth-order valence-electron chi connectivity index (χ4n) is 9.80. The molecule has 5 atom stereocenters. The maximum atomic E-state index is 14.1. The summed E-state index contributed by atoms with van der Waals surface area (Å²) in [6.07, 6.45) is 6.56. The van der Waals surface area contributed by atoms with Crippen LogP contribution in [0.4, 0.5) is 28.4 Å². The van der Waals surface area contributed by atoms with Crippen molar-refractivity contribution >= 4 is 97.9 Å². The molecule has 5 aromatic rings. The van der Waals surface area contributed by atoms with Crippen LogP contribution in [-0.2, 0) is 45.2 Å². The van der Waals surface area contributed by atoms with Crippen molar-refractivity contribution < 1.29 is 47.7 Å². The number of nitrogens with two attached hydrogens (primary N) is 1. The molecule has 0 fully saturated rings. The highest BCUT2D eigenvalue weighted by atomic mass is 33.1. The van der Waals surface area contributed by atoms with Gasteiger partial charge in [0.05, 0.1) is 48.8 Å². The summed E-state index contributed by atoms with van der Waals surface area (Å²) in [6.45, 7) is 9.15. The van der Waals surface area contributed by atoms with E-state index in [4.69, 9.17) is 34.7 Å². The van der Waals surface area contributed by atoms with Gasteiger partial charge in [-0.1, -0.05) is 64.9 Å². The Morgan fingerprint density at radius 2 is 1.19 bits per heavy atom. The van der Waals surface area contributed by atoms with E-state index in [-0.39, 0.29) is 65.3 Å². The first-order valence-electron chi connectivity index (χ1n) is 26.2. The van der Waals surface area contributed by atoms with E-state index in [2.05, 4.69) is 16.0 Å². The molecule has 0 aliphatic carbocycles. The van der Waals surface area contributed by atoms with Gasteiger partial charge in [0.25, 0.3) is 11.8 Å². The number of fused-ring (bicyclic) bond motifs is 8. The third-order valence-electron chi connectivity index (χ3n) is 14.1. The molecule has 5 aromatic carbocycles. The number of nitrogens with zero attached hydrogens (tertiary/aromatic N) is 4. The van der Waals surface area contributed by atoms with Crippen LogP contribution < -0.4 is 50.4 Å². The van der Waals surface area contributed by atoms with Gasteiger partial charge < -0.3 is 40.6 Å². The van der Waals surface area contributed by atoms with Crippen molar-refractivity contribution in [1.29, 1.82) is 0 Å². The van der Waals surface area contributed by atoms with Gasteiger partial charge in [-0.25, -0.2) is 0 Å². The number of aliphatic imine (C=N–C) groups is 2. The molecule has 0 spiro atoms. The number of nitrogens with one attached hydrogen (secondary N) is 3. The standard InChI is InChI=1S/C59H64N8O10S2/c1-33(16-17-53(60)68)78-79-59(4,5)19-18-54(69)63-34(2)55(70)64-35(3)56(71)65-40-21-36(31-76-51-27-45-43(25-49(51)74-6)57(72)66-41(29-61-45)23-38-12-8-10-14-47(38)66)20-37(22-40)32-77-52-28-46-44(26-50(52)75-7)58(73)67-42(30-62-46)24-39-13-9-11-15-48(39)67/h8-15,20-22,25-30,33-35,41-42H,16-19,23-24,31-32H2,1-7H3,(H2,60,68)(H,63,69)(H,64,70)(H,65,71)/t33?,34-,35-,41-,42-/m0/s1. The predicted molar refractivity (Wildman–Crippen MR) is 309 cm³/mol. The van der Waals surface area contributed by atoms with Gasteiger partial charge in [0, 0.05) is 77.3 Å². The Hall–Kier alpha value is -7.84. The zero-order valence-electron chi connectivity index (χ0n) is 45.1. The molecule has 18 nitrogen and oxygen atoms in total. The summed E-state index contributed by atoms with van der Waals surface area (Å²) in [5, 5.41) is 8.60. The number of methoxy groups -OCH3 is 2. The van der Waals surface area contributed by atoms with E-state index in [9.17, 15) is 28.8 Å². The first-order chi connectivity index (χ1) is 37.9. The minimum absolute atomic E-state index is 0.0281. The van der Waals surface area contributed by atoms with E-state index in [1.165, 1.54) is 14.2 Å². The van der Waals surface area contributed by atoms with E-state index >= 15 is 0 Å². The molecule has 4 aliphatic rings. The molecule has 412 valence electrons. The van der Waals surface area contributed by atoms with Crippen LogP contribution in [0, 0.1) is 0 Å². The SMILES string of the molecule is COc1cc2c(cc1OCc1cc(COc3cc4c(cc3OC)C(=O)N3c5ccccc5C[C@H]3C=N4)cc(NC(=O)[C@H](C)NC(=O)[C@H](C)NC(=O)CCC(C)(C)SSC(C)CCC(N)=O)c1)N=C[C@@H]1Cc3ccccc3N1C2=O. The number of carbonyl (C=O) groups is 6. The number of rotatable bonds is 22. The molecule has 1 unspecified atom stereocenters. The van der Waals surface area contributed by atoms with E-state index in [0.717, 1.165) is 22.5 Å². The van der Waals surface area contributed by atoms with Crippen LogP contribution in [0.1, 0.15) is 103 Å². The molecule has 5 N–H and O–H groups in total. The van der Waals surface area contributed by atoms with Crippen molar-refractivity contribution in [2.75, 3.05) is 29.3 Å². The van der Waals surface area contributed by atoms with Crippen LogP contribution in [0.3, 0.4) is 0 Å². The van der Waals surface area contributed by atoms with Crippen molar-refractivity contribution in [3.63, 3.8) is 0 Å². The van der Waals surface area contributed by atoms with Crippen LogP contribution >= 0.6 is 21.6 Å². The topological polar surface area (TPSA) is 233 Å². The minimum atomic E-state index is -1.02. The summed E-state index contributed by atoms with van der Waals surface area (Å²) in [4.78, 5) is 92.7. The summed E-state index contributed by atoms with van der Waals surface area (Å²) in [5.41, 5.74) is 12.3. The number of amides is 6. The Morgan fingerprint density at radius 3 is 1.70 bits per heavy atom. The van der Waals surface area contributed by atoms with Crippen molar-refractivity contribution in [3.8, 4) is 23.0 Å². The first kappa shape index (κ1) is 55.9. The molecule has 79 heavy (non-hydrogen) atoms. The van der Waals surface area contributed by atoms with E-state index in [1.54, 1.807) is 94.1 Å². The van der Waals surface area contributed by atoms with Gasteiger partial charge in [-0.2, -0.15) is 0 Å². The van der Waals surface area contributed by atoms with Gasteiger partial charge in [0.15, 0.2) is 23.0 Å². The Morgan fingerprint density at radius 1 is 0.684 bits per heavy atom. The number of para-hydroxylation sites is 2. The molecule has 0 radical (unpaired) electrons. The summed E-state index contributed by atoms with van der Waals surface area (Å²) in [5.74, 6) is -0.821. The number of anilines is 3. The second-order valence-corrected chi connectivity index (χ2v) is 24.0. The number of primary amides is 1. The Kier molecular flexibility index (Phi) is 17.0. The van der Waals surface area contributed by atoms with Crippen LogP contribution in [0.5, 0.6) is 23.0 Å². The van der Waals surface area contributed by atoms with Crippen LogP contribution in [0.25, 0.3) is 0 Å². The first-order valence-corrected chi connectivity index (χ1v) is 28.4. The molecule has 6 amide bonds. The molecule has 0 saturated heterocycles. The van der Waals surface area contributed by atoms with Crippen molar-refractivity contribution in [3.05, 3.63) is 124 Å². The van der Waals surface area contributed by atoms with Gasteiger partial charge >= 0.3 is 0 Å². The normalized spacial score (nSPS) is 16.8. The average Bonchev–Trinajstić information content (AvgIpc) is 4.20. The Bertz CT molecular complexity index is 3110. The molecule has 4 heterocycles. The lowest BCUT2D eigenvalue weighted by Crippen LogP contribution is -2.50. The molecule has 0 saturated carbocycles. The number of hydrogen-bond acceptors (Lipinski definition) is 14. The lowest BCUT2D eigenvalue weighted by Gasteiger charge is -2.25. The lowest BCUT2D eigenvalue weighted by molar-refractivity contribution is -0.130. The monoisotopic (exact) mass is 1110 g/mol. The lowest BCUT2D eigenvalue weighted by atomic mass is 10.1. The second-order valence-electron chi connectivity index (χ2n) is 20.6. The third-order valence-corrected chi connectivity index (χ3v) is 18.0.